The predicted molar refractivity (Wildman–Crippen MR) is 112 cm³/mol. The molecule has 12 nitrogen and oxygen atoms in total. The zero-order valence-corrected chi connectivity index (χ0v) is 17.2. The number of aromatic amines is 1. The third kappa shape index (κ3) is 7.81. The number of imidazole rings is 1. The quantitative estimate of drug-likeness (QED) is 0.188. The molecule has 0 radical (unpaired) electrons. The monoisotopic (exact) mass is 446 g/mol. The lowest BCUT2D eigenvalue weighted by molar-refractivity contribution is -0.142. The number of carbonyl (C=O) groups is 4. The van der Waals surface area contributed by atoms with E-state index >= 15 is 0 Å². The molecule has 0 saturated heterocycles. The van der Waals surface area contributed by atoms with E-state index in [2.05, 4.69) is 25.9 Å². The smallest absolute Gasteiger partial charge is 0.326 e. The van der Waals surface area contributed by atoms with Gasteiger partial charge in [-0.25, -0.2) is 9.78 Å². The molecule has 2 rings (SSSR count). The van der Waals surface area contributed by atoms with Crippen molar-refractivity contribution in [3.05, 3.63) is 54.1 Å². The van der Waals surface area contributed by atoms with E-state index < -0.39 is 55.0 Å². The first-order chi connectivity index (χ1) is 15.3. The third-order valence-electron chi connectivity index (χ3n) is 4.49. The Morgan fingerprint density at radius 2 is 1.75 bits per heavy atom. The number of H-pyrrole nitrogens is 1. The summed E-state index contributed by atoms with van der Waals surface area (Å²) in [6, 6.07) is 5.11. The molecular formula is C20H26N6O6. The number of rotatable bonds is 12. The van der Waals surface area contributed by atoms with Crippen LogP contribution in [0.4, 0.5) is 0 Å². The summed E-state index contributed by atoms with van der Waals surface area (Å²) in [5.41, 5.74) is 7.11. The van der Waals surface area contributed by atoms with Crippen LogP contribution in [-0.4, -0.2) is 75.1 Å². The van der Waals surface area contributed by atoms with E-state index in [1.807, 2.05) is 0 Å². The Morgan fingerprint density at radius 1 is 1.03 bits per heavy atom. The lowest BCUT2D eigenvalue weighted by Gasteiger charge is -2.20. The highest BCUT2D eigenvalue weighted by atomic mass is 16.4. The fraction of sp³-hybridized carbons (Fsp3) is 0.350. The van der Waals surface area contributed by atoms with Gasteiger partial charge in [-0.2, -0.15) is 0 Å². The molecule has 0 bridgehead atoms. The van der Waals surface area contributed by atoms with Crippen LogP contribution in [0.1, 0.15) is 11.3 Å². The van der Waals surface area contributed by atoms with Crippen LogP contribution in [0.5, 0.6) is 0 Å². The average Bonchev–Trinajstić information content (AvgIpc) is 3.28. The fourth-order valence-electron chi connectivity index (χ4n) is 2.79. The van der Waals surface area contributed by atoms with Crippen molar-refractivity contribution in [2.45, 2.75) is 31.0 Å². The minimum absolute atomic E-state index is 0.0261. The molecule has 3 amide bonds. The van der Waals surface area contributed by atoms with E-state index in [0.717, 1.165) is 0 Å². The molecule has 12 heteroatoms. The first kappa shape index (κ1) is 24.5. The minimum Gasteiger partial charge on any atom is -0.480 e. The SMILES string of the molecule is NC(Cc1cnc[nH]1)C(=O)NCC(=O)NC(CO)C(=O)NC(Cc1ccccc1)C(=O)O. The van der Waals surface area contributed by atoms with Gasteiger partial charge >= 0.3 is 5.97 Å². The Kier molecular flexibility index (Phi) is 9.32. The maximum atomic E-state index is 12.4. The molecule has 1 aromatic heterocycles. The van der Waals surface area contributed by atoms with Crippen molar-refractivity contribution < 1.29 is 29.4 Å². The van der Waals surface area contributed by atoms with Gasteiger partial charge in [0.05, 0.1) is 25.5 Å². The molecule has 0 aliphatic heterocycles. The van der Waals surface area contributed by atoms with Crippen molar-refractivity contribution in [3.8, 4) is 0 Å². The fourth-order valence-corrected chi connectivity index (χ4v) is 2.79. The average molecular weight is 446 g/mol. The van der Waals surface area contributed by atoms with Crippen molar-refractivity contribution in [1.29, 1.82) is 0 Å². The predicted octanol–water partition coefficient (Wildman–Crippen LogP) is -2.32. The summed E-state index contributed by atoms with van der Waals surface area (Å²) < 4.78 is 0. The van der Waals surface area contributed by atoms with E-state index in [1.54, 1.807) is 30.3 Å². The first-order valence-electron chi connectivity index (χ1n) is 9.78. The van der Waals surface area contributed by atoms with Crippen LogP contribution in [0, 0.1) is 0 Å². The number of aromatic nitrogens is 2. The summed E-state index contributed by atoms with van der Waals surface area (Å²) in [5.74, 6) is -3.47. The highest BCUT2D eigenvalue weighted by molar-refractivity contribution is 5.92. The number of hydrogen-bond acceptors (Lipinski definition) is 7. The molecule has 1 aromatic carbocycles. The largest absolute Gasteiger partial charge is 0.480 e. The van der Waals surface area contributed by atoms with Crippen molar-refractivity contribution >= 4 is 23.7 Å². The van der Waals surface area contributed by atoms with Crippen molar-refractivity contribution in [3.63, 3.8) is 0 Å². The molecule has 3 unspecified atom stereocenters. The van der Waals surface area contributed by atoms with Crippen LogP contribution in [0.3, 0.4) is 0 Å². The first-order valence-corrected chi connectivity index (χ1v) is 9.78. The standard InChI is InChI=1S/C20H26N6O6/c21-14(7-13-8-22-11-24-13)18(29)23-9-17(28)25-16(10-27)19(30)26-15(20(31)32)6-12-4-2-1-3-5-12/h1-5,8,11,14-16,27H,6-7,9-10,21H2,(H,22,24)(H,23,29)(H,25,28)(H,26,30)(H,31,32). The summed E-state index contributed by atoms with van der Waals surface area (Å²) in [6.45, 7) is -1.24. The molecular weight excluding hydrogens is 420 g/mol. The molecule has 2 aromatic rings. The maximum absolute atomic E-state index is 12.4. The second kappa shape index (κ2) is 12.2. The summed E-state index contributed by atoms with van der Waals surface area (Å²) in [6.07, 6.45) is 3.18. The number of amides is 3. The Labute approximate surface area is 183 Å². The van der Waals surface area contributed by atoms with Crippen LogP contribution < -0.4 is 21.7 Å². The van der Waals surface area contributed by atoms with Gasteiger partial charge < -0.3 is 36.9 Å². The van der Waals surface area contributed by atoms with E-state index in [-0.39, 0.29) is 12.8 Å². The molecule has 172 valence electrons. The zero-order chi connectivity index (χ0) is 23.5. The zero-order valence-electron chi connectivity index (χ0n) is 17.2. The highest BCUT2D eigenvalue weighted by Crippen LogP contribution is 2.04. The van der Waals surface area contributed by atoms with Gasteiger partial charge in [0.15, 0.2) is 0 Å². The topological polar surface area (TPSA) is 200 Å². The van der Waals surface area contributed by atoms with Gasteiger partial charge in [-0.1, -0.05) is 30.3 Å². The number of hydrogen-bond donors (Lipinski definition) is 7. The number of nitrogens with two attached hydrogens (primary N) is 1. The number of aliphatic carboxylic acids is 1. The number of nitrogens with one attached hydrogen (secondary N) is 4. The number of nitrogens with zero attached hydrogens (tertiary/aromatic N) is 1. The number of aliphatic hydroxyl groups excluding tert-OH is 1. The van der Waals surface area contributed by atoms with Gasteiger partial charge in [-0.15, -0.1) is 0 Å². The molecule has 0 spiro atoms. The van der Waals surface area contributed by atoms with Gasteiger partial charge in [0, 0.05) is 24.7 Å². The number of carbonyl (C=O) groups excluding carboxylic acids is 3. The number of benzene rings is 1. The van der Waals surface area contributed by atoms with Gasteiger partial charge in [0.2, 0.25) is 17.7 Å². The second-order valence-corrected chi connectivity index (χ2v) is 7.00. The van der Waals surface area contributed by atoms with Gasteiger partial charge in [0.25, 0.3) is 0 Å². The van der Waals surface area contributed by atoms with Gasteiger partial charge in [-0.3, -0.25) is 14.4 Å². The van der Waals surface area contributed by atoms with E-state index in [0.29, 0.717) is 11.3 Å². The summed E-state index contributed by atoms with van der Waals surface area (Å²) >= 11 is 0. The van der Waals surface area contributed by atoms with Crippen molar-refractivity contribution in [2.24, 2.45) is 5.73 Å². The van der Waals surface area contributed by atoms with Crippen LogP contribution >= 0.6 is 0 Å². The summed E-state index contributed by atoms with van der Waals surface area (Å²) in [5, 5.41) is 25.7. The molecule has 0 saturated carbocycles. The van der Waals surface area contributed by atoms with E-state index in [4.69, 9.17) is 5.73 Å². The normalized spacial score (nSPS) is 13.4. The molecule has 32 heavy (non-hydrogen) atoms. The molecule has 8 N–H and O–H groups in total. The molecule has 0 fully saturated rings. The molecule has 1 heterocycles. The second-order valence-electron chi connectivity index (χ2n) is 7.00. The third-order valence-corrected chi connectivity index (χ3v) is 4.49. The minimum atomic E-state index is -1.39. The molecule has 0 aliphatic rings. The van der Waals surface area contributed by atoms with Gasteiger partial charge in [0.1, 0.15) is 12.1 Å². The van der Waals surface area contributed by atoms with Crippen molar-refractivity contribution in [2.75, 3.05) is 13.2 Å². The summed E-state index contributed by atoms with van der Waals surface area (Å²) in [4.78, 5) is 54.6. The van der Waals surface area contributed by atoms with E-state index in [1.165, 1.54) is 12.5 Å². The Bertz CT molecular complexity index is 905. The van der Waals surface area contributed by atoms with Crippen LogP contribution in [0.2, 0.25) is 0 Å². The lowest BCUT2D eigenvalue weighted by Crippen LogP contribution is -2.55. The van der Waals surface area contributed by atoms with E-state index in [9.17, 15) is 29.4 Å². The maximum Gasteiger partial charge on any atom is 0.326 e. The number of carboxylic acid groups (broad SMARTS) is 1. The van der Waals surface area contributed by atoms with Crippen LogP contribution in [-0.2, 0) is 32.0 Å². The highest BCUT2D eigenvalue weighted by Gasteiger charge is 2.26. The molecule has 0 aliphatic carbocycles. The molecule has 3 atom stereocenters. The Balaban J connectivity index is 1.83. The van der Waals surface area contributed by atoms with Crippen molar-refractivity contribution in [1.82, 2.24) is 25.9 Å². The Hall–Kier alpha value is -3.77. The lowest BCUT2D eigenvalue weighted by atomic mass is 10.1. The van der Waals surface area contributed by atoms with Crippen LogP contribution in [0.25, 0.3) is 0 Å². The number of aliphatic hydroxyl groups is 1. The number of carboxylic acids is 1. The Morgan fingerprint density at radius 3 is 2.34 bits per heavy atom. The van der Waals surface area contributed by atoms with Crippen LogP contribution in [0.15, 0.2) is 42.9 Å². The summed E-state index contributed by atoms with van der Waals surface area (Å²) in [7, 11) is 0. The van der Waals surface area contributed by atoms with Gasteiger partial charge in [-0.05, 0) is 5.56 Å².